The molecule has 1 fully saturated rings. The fraction of sp³-hybridized carbons (Fsp3) is 0.316. The molecule has 1 aromatic heterocycles. The summed E-state index contributed by atoms with van der Waals surface area (Å²) in [4.78, 5) is 19.1. The van der Waals surface area contributed by atoms with Gasteiger partial charge in [0.05, 0.1) is 16.6 Å². The molecule has 0 amide bonds. The summed E-state index contributed by atoms with van der Waals surface area (Å²) in [5.41, 5.74) is 8.05. The van der Waals surface area contributed by atoms with Gasteiger partial charge < -0.3 is 14.6 Å². The topological polar surface area (TPSA) is 58.4 Å². The zero-order chi connectivity index (χ0) is 30.8. The Labute approximate surface area is 265 Å². The van der Waals surface area contributed by atoms with Crippen molar-refractivity contribution in [1.82, 2.24) is 9.55 Å². The lowest BCUT2D eigenvalue weighted by atomic mass is 9.87. The van der Waals surface area contributed by atoms with Crippen LogP contribution in [0.25, 0.3) is 22.4 Å². The molecule has 1 heterocycles. The maximum absolute atomic E-state index is 11.7. The average Bonchev–Trinajstić information content (AvgIpc) is 3.41. The SMILES string of the molecule is CC(C)(C)c1ccc(N(Cc2ccc(Cl)cc2)Cc2ccc(-c3nc4cc(C(=O)O)ccc4n3C3CCCCC3)cc2)cc1. The lowest BCUT2D eigenvalue weighted by molar-refractivity contribution is 0.0697. The monoisotopic (exact) mass is 605 g/mol. The molecule has 4 aromatic carbocycles. The average molecular weight is 606 g/mol. The molecule has 0 spiro atoms. The molecule has 5 aromatic rings. The second-order valence-corrected chi connectivity index (χ2v) is 13.5. The number of hydrogen-bond donors (Lipinski definition) is 1. The molecular formula is C38H40ClN3O2. The van der Waals surface area contributed by atoms with E-state index in [0.717, 1.165) is 53.4 Å². The van der Waals surface area contributed by atoms with E-state index in [4.69, 9.17) is 16.6 Å². The van der Waals surface area contributed by atoms with Crippen LogP contribution in [0, 0.1) is 0 Å². The van der Waals surface area contributed by atoms with Gasteiger partial charge in [-0.1, -0.05) is 100 Å². The van der Waals surface area contributed by atoms with Crippen molar-refractivity contribution in [2.45, 2.75) is 77.4 Å². The van der Waals surface area contributed by atoms with E-state index in [1.807, 2.05) is 18.2 Å². The minimum atomic E-state index is -0.929. The van der Waals surface area contributed by atoms with Gasteiger partial charge in [0.25, 0.3) is 0 Å². The number of fused-ring (bicyclic) bond motifs is 1. The normalized spacial score (nSPS) is 14.2. The van der Waals surface area contributed by atoms with Crippen molar-refractivity contribution >= 4 is 34.3 Å². The molecule has 5 nitrogen and oxygen atoms in total. The Morgan fingerprint density at radius 3 is 2.07 bits per heavy atom. The summed E-state index contributed by atoms with van der Waals surface area (Å²) in [6.45, 7) is 8.23. The van der Waals surface area contributed by atoms with Gasteiger partial charge in [0.15, 0.2) is 0 Å². The Morgan fingerprint density at radius 1 is 0.864 bits per heavy atom. The van der Waals surface area contributed by atoms with Gasteiger partial charge in [0.1, 0.15) is 5.82 Å². The number of carboxylic acid groups (broad SMARTS) is 1. The summed E-state index contributed by atoms with van der Waals surface area (Å²) in [5, 5.41) is 10.3. The molecule has 0 radical (unpaired) electrons. The number of imidazole rings is 1. The van der Waals surface area contributed by atoms with E-state index in [0.29, 0.717) is 6.04 Å². The van der Waals surface area contributed by atoms with E-state index in [1.54, 1.807) is 12.1 Å². The van der Waals surface area contributed by atoms with E-state index < -0.39 is 5.97 Å². The number of benzene rings is 4. The van der Waals surface area contributed by atoms with Crippen molar-refractivity contribution in [3.05, 3.63) is 118 Å². The number of aromatic carboxylic acids is 1. The van der Waals surface area contributed by atoms with Crippen LogP contribution in [0.1, 0.15) is 86.0 Å². The molecule has 6 rings (SSSR count). The highest BCUT2D eigenvalue weighted by molar-refractivity contribution is 6.30. The van der Waals surface area contributed by atoms with Crippen LogP contribution in [-0.2, 0) is 18.5 Å². The minimum Gasteiger partial charge on any atom is -0.478 e. The lowest BCUT2D eigenvalue weighted by Gasteiger charge is -2.27. The van der Waals surface area contributed by atoms with Crippen LogP contribution in [-0.4, -0.2) is 20.6 Å². The standard InChI is InChI=1S/C38H40ClN3O2/c1-38(2,3)30-16-20-32(21-17-30)41(25-27-11-18-31(39)19-12-27)24-26-9-13-28(14-10-26)36-40-34-23-29(37(43)44)15-22-35(34)42(36)33-7-5-4-6-8-33/h9-23,33H,4-8,24-25H2,1-3H3,(H,43,44). The van der Waals surface area contributed by atoms with Crippen molar-refractivity contribution in [2.24, 2.45) is 0 Å². The van der Waals surface area contributed by atoms with Crippen molar-refractivity contribution in [3.8, 4) is 11.4 Å². The number of hydrogen-bond acceptors (Lipinski definition) is 3. The summed E-state index contributed by atoms with van der Waals surface area (Å²) in [5.74, 6) is -0.0157. The van der Waals surface area contributed by atoms with Gasteiger partial charge in [-0.05, 0) is 77.4 Å². The van der Waals surface area contributed by atoms with Gasteiger partial charge in [-0.15, -0.1) is 0 Å². The Hall–Kier alpha value is -4.09. The van der Waals surface area contributed by atoms with E-state index in [2.05, 4.69) is 90.9 Å². The van der Waals surface area contributed by atoms with Gasteiger partial charge in [-0.2, -0.15) is 0 Å². The largest absolute Gasteiger partial charge is 0.478 e. The molecule has 1 saturated carbocycles. The highest BCUT2D eigenvalue weighted by Crippen LogP contribution is 2.36. The molecule has 6 heteroatoms. The highest BCUT2D eigenvalue weighted by Gasteiger charge is 2.23. The second-order valence-electron chi connectivity index (χ2n) is 13.1. The Morgan fingerprint density at radius 2 is 1.48 bits per heavy atom. The van der Waals surface area contributed by atoms with Crippen LogP contribution in [0.2, 0.25) is 5.02 Å². The summed E-state index contributed by atoms with van der Waals surface area (Å²) in [6, 6.07) is 31.4. The maximum atomic E-state index is 11.7. The quantitative estimate of drug-likeness (QED) is 0.191. The molecule has 44 heavy (non-hydrogen) atoms. The van der Waals surface area contributed by atoms with Crippen LogP contribution < -0.4 is 4.90 Å². The molecular weight excluding hydrogens is 566 g/mol. The fourth-order valence-corrected chi connectivity index (χ4v) is 6.47. The summed E-state index contributed by atoms with van der Waals surface area (Å²) in [7, 11) is 0. The first-order valence-electron chi connectivity index (χ1n) is 15.6. The van der Waals surface area contributed by atoms with Gasteiger partial charge in [-0.3, -0.25) is 0 Å². The lowest BCUT2D eigenvalue weighted by Crippen LogP contribution is -2.22. The number of aromatic nitrogens is 2. The van der Waals surface area contributed by atoms with E-state index in [9.17, 15) is 9.90 Å². The zero-order valence-electron chi connectivity index (χ0n) is 25.8. The first-order valence-corrected chi connectivity index (χ1v) is 16.0. The number of carbonyl (C=O) groups is 1. The molecule has 1 N–H and O–H groups in total. The molecule has 0 aliphatic heterocycles. The third-order valence-corrected chi connectivity index (χ3v) is 9.10. The number of nitrogens with zero attached hydrogens (tertiary/aromatic N) is 3. The van der Waals surface area contributed by atoms with Crippen LogP contribution >= 0.6 is 11.6 Å². The molecule has 0 unspecified atom stereocenters. The molecule has 0 atom stereocenters. The number of halogens is 1. The summed E-state index contributed by atoms with van der Waals surface area (Å²) < 4.78 is 2.36. The van der Waals surface area contributed by atoms with Crippen LogP contribution in [0.3, 0.4) is 0 Å². The van der Waals surface area contributed by atoms with Crippen molar-refractivity contribution in [3.63, 3.8) is 0 Å². The molecule has 1 aliphatic rings. The van der Waals surface area contributed by atoms with E-state index >= 15 is 0 Å². The zero-order valence-corrected chi connectivity index (χ0v) is 26.5. The molecule has 1 aliphatic carbocycles. The van der Waals surface area contributed by atoms with Gasteiger partial charge in [-0.25, -0.2) is 9.78 Å². The number of rotatable bonds is 8. The fourth-order valence-electron chi connectivity index (χ4n) is 6.34. The smallest absolute Gasteiger partial charge is 0.335 e. The van der Waals surface area contributed by atoms with Crippen LogP contribution in [0.5, 0.6) is 0 Å². The van der Waals surface area contributed by atoms with Crippen LogP contribution in [0.15, 0.2) is 91.0 Å². The van der Waals surface area contributed by atoms with Crippen molar-refractivity contribution in [2.75, 3.05) is 4.90 Å². The molecule has 226 valence electrons. The minimum absolute atomic E-state index is 0.0959. The van der Waals surface area contributed by atoms with Gasteiger partial charge >= 0.3 is 5.97 Å². The molecule has 0 bridgehead atoms. The third kappa shape index (κ3) is 6.53. The van der Waals surface area contributed by atoms with Crippen molar-refractivity contribution < 1.29 is 9.90 Å². The number of carboxylic acids is 1. The first-order chi connectivity index (χ1) is 21.2. The highest BCUT2D eigenvalue weighted by atomic mass is 35.5. The third-order valence-electron chi connectivity index (χ3n) is 8.85. The molecule has 0 saturated heterocycles. The predicted octanol–water partition coefficient (Wildman–Crippen LogP) is 10.1. The Bertz CT molecular complexity index is 1740. The predicted molar refractivity (Wildman–Crippen MR) is 181 cm³/mol. The van der Waals surface area contributed by atoms with Crippen molar-refractivity contribution in [1.29, 1.82) is 0 Å². The maximum Gasteiger partial charge on any atom is 0.335 e. The summed E-state index contributed by atoms with van der Waals surface area (Å²) in [6.07, 6.45) is 5.91. The Kier molecular flexibility index (Phi) is 8.50. The summed E-state index contributed by atoms with van der Waals surface area (Å²) >= 11 is 6.18. The Balaban J connectivity index is 1.32. The van der Waals surface area contributed by atoms with E-state index in [1.165, 1.54) is 41.6 Å². The second kappa shape index (κ2) is 12.5. The van der Waals surface area contributed by atoms with Gasteiger partial charge in [0, 0.05) is 35.4 Å². The number of anilines is 1. The van der Waals surface area contributed by atoms with Gasteiger partial charge in [0.2, 0.25) is 0 Å². The van der Waals surface area contributed by atoms with Crippen LogP contribution in [0.4, 0.5) is 5.69 Å². The van der Waals surface area contributed by atoms with E-state index in [-0.39, 0.29) is 11.0 Å². The first kappa shape index (κ1) is 30.0.